The minimum Gasteiger partial charge on any atom is -0.126 e. The number of halogens is 1. The number of rotatable bonds is 0. The molecule has 0 bridgehead atoms. The van der Waals surface area contributed by atoms with Crippen LogP contribution >= 0.6 is 27.7 Å². The monoisotopic (exact) mass is 284 g/mol. The molecule has 1 aromatic rings. The Balaban J connectivity index is 2.44. The first-order valence-corrected chi connectivity index (χ1v) is 7.30. The van der Waals surface area contributed by atoms with E-state index >= 15 is 0 Å². The second kappa shape index (κ2) is 4.14. The van der Waals surface area contributed by atoms with Gasteiger partial charge in [0.05, 0.1) is 0 Å². The van der Waals surface area contributed by atoms with Crippen LogP contribution in [0.2, 0.25) is 0 Å². The van der Waals surface area contributed by atoms with Crippen LogP contribution in [0.4, 0.5) is 0 Å². The lowest BCUT2D eigenvalue weighted by Crippen LogP contribution is -2.12. The summed E-state index contributed by atoms with van der Waals surface area (Å²) in [6.07, 6.45) is 1.24. The van der Waals surface area contributed by atoms with Crippen LogP contribution in [0.15, 0.2) is 23.1 Å². The number of hydrogen-bond donors (Lipinski definition) is 0. The highest BCUT2D eigenvalue weighted by atomic mass is 79.9. The van der Waals surface area contributed by atoms with E-state index in [1.54, 1.807) is 0 Å². The van der Waals surface area contributed by atoms with Crippen LogP contribution in [0.3, 0.4) is 0 Å². The molecule has 0 N–H and O–H groups in total. The summed E-state index contributed by atoms with van der Waals surface area (Å²) in [5, 5.41) is 0. The Morgan fingerprint density at radius 1 is 1.33 bits per heavy atom. The maximum Gasteiger partial charge on any atom is 0.0414 e. The van der Waals surface area contributed by atoms with Crippen LogP contribution in [-0.2, 0) is 5.41 Å². The molecule has 2 heteroatoms. The second-order valence-corrected chi connectivity index (χ2v) is 7.35. The summed E-state index contributed by atoms with van der Waals surface area (Å²) >= 11 is 5.76. The highest BCUT2D eigenvalue weighted by Crippen LogP contribution is 2.42. The minimum atomic E-state index is 0.254. The third kappa shape index (κ3) is 2.42. The molecule has 82 valence electrons. The van der Waals surface area contributed by atoms with Gasteiger partial charge in [-0.15, -0.1) is 11.8 Å². The summed E-state index contributed by atoms with van der Waals surface area (Å²) in [6, 6.07) is 6.94. The normalized spacial score (nSPS) is 21.2. The first-order valence-electron chi connectivity index (χ1n) is 5.40. The van der Waals surface area contributed by atoms with E-state index in [1.807, 2.05) is 11.8 Å². The van der Waals surface area contributed by atoms with Gasteiger partial charge >= 0.3 is 0 Å². The molecule has 0 saturated heterocycles. The van der Waals surface area contributed by atoms with Crippen LogP contribution in [0, 0.1) is 0 Å². The molecule has 0 aromatic heterocycles. The number of hydrogen-bond acceptors (Lipinski definition) is 1. The lowest BCUT2D eigenvalue weighted by Gasteiger charge is -2.25. The molecule has 1 atom stereocenters. The van der Waals surface area contributed by atoms with E-state index < -0.39 is 0 Å². The lowest BCUT2D eigenvalue weighted by atomic mass is 9.86. The van der Waals surface area contributed by atoms with Gasteiger partial charge < -0.3 is 0 Å². The quantitative estimate of drug-likeness (QED) is 0.610. The van der Waals surface area contributed by atoms with Crippen LogP contribution in [-0.4, -0.2) is 5.75 Å². The SMILES string of the molecule is CC(C)(C)c1ccc2c(c1)C(Br)CCS2. The van der Waals surface area contributed by atoms with Crippen molar-refractivity contribution in [2.75, 3.05) is 5.75 Å². The van der Waals surface area contributed by atoms with E-state index in [1.165, 1.54) is 28.2 Å². The fourth-order valence-electron chi connectivity index (χ4n) is 1.82. The molecule has 0 fully saturated rings. The van der Waals surface area contributed by atoms with Crippen molar-refractivity contribution in [3.8, 4) is 0 Å². The predicted octanol–water partition coefficient (Wildman–Crippen LogP) is 4.92. The zero-order chi connectivity index (χ0) is 11.1. The molecule has 0 radical (unpaired) electrons. The molecule has 1 aromatic carbocycles. The van der Waals surface area contributed by atoms with Gasteiger partial charge in [-0.2, -0.15) is 0 Å². The minimum absolute atomic E-state index is 0.254. The van der Waals surface area contributed by atoms with E-state index in [2.05, 4.69) is 54.9 Å². The standard InChI is InChI=1S/C13H17BrS/c1-13(2,3)9-4-5-12-10(8-9)11(14)6-7-15-12/h4-5,8,11H,6-7H2,1-3H3. The van der Waals surface area contributed by atoms with Crippen molar-refractivity contribution in [3.63, 3.8) is 0 Å². The van der Waals surface area contributed by atoms with Crippen LogP contribution < -0.4 is 0 Å². The number of alkyl halides is 1. The fraction of sp³-hybridized carbons (Fsp3) is 0.538. The summed E-state index contributed by atoms with van der Waals surface area (Å²) in [5.74, 6) is 1.23. The van der Waals surface area contributed by atoms with Crippen LogP contribution in [0.1, 0.15) is 43.1 Å². The average molecular weight is 285 g/mol. The molecule has 1 heterocycles. The van der Waals surface area contributed by atoms with E-state index in [0.717, 1.165) is 0 Å². The maximum atomic E-state index is 3.77. The fourth-order valence-corrected chi connectivity index (χ4v) is 3.99. The van der Waals surface area contributed by atoms with Gasteiger partial charge in [0, 0.05) is 9.72 Å². The molecule has 0 amide bonds. The van der Waals surface area contributed by atoms with Gasteiger partial charge in [-0.3, -0.25) is 0 Å². The van der Waals surface area contributed by atoms with Crippen molar-refractivity contribution in [2.24, 2.45) is 0 Å². The summed E-state index contributed by atoms with van der Waals surface area (Å²) in [6.45, 7) is 6.82. The average Bonchev–Trinajstić information content (AvgIpc) is 2.16. The maximum absolute atomic E-state index is 3.77. The first kappa shape index (κ1) is 11.5. The molecular formula is C13H17BrS. The Bertz CT molecular complexity index is 365. The number of fused-ring (bicyclic) bond motifs is 1. The predicted molar refractivity (Wildman–Crippen MR) is 72.2 cm³/mol. The smallest absolute Gasteiger partial charge is 0.0414 e. The molecule has 0 nitrogen and oxygen atoms in total. The topological polar surface area (TPSA) is 0 Å². The van der Waals surface area contributed by atoms with Gasteiger partial charge in [0.15, 0.2) is 0 Å². The number of benzene rings is 1. The molecule has 0 saturated carbocycles. The van der Waals surface area contributed by atoms with Gasteiger partial charge in [-0.05, 0) is 34.8 Å². The molecule has 1 aliphatic rings. The highest BCUT2D eigenvalue weighted by molar-refractivity contribution is 9.09. The van der Waals surface area contributed by atoms with E-state index in [4.69, 9.17) is 0 Å². The molecule has 1 unspecified atom stereocenters. The zero-order valence-corrected chi connectivity index (χ0v) is 11.9. The first-order chi connectivity index (χ1) is 6.98. The van der Waals surface area contributed by atoms with Crippen molar-refractivity contribution in [3.05, 3.63) is 29.3 Å². The summed E-state index contributed by atoms with van der Waals surface area (Å²) in [5.41, 5.74) is 3.18. The van der Waals surface area contributed by atoms with Gasteiger partial charge in [-0.25, -0.2) is 0 Å². The largest absolute Gasteiger partial charge is 0.126 e. The Morgan fingerprint density at radius 2 is 2.07 bits per heavy atom. The summed E-state index contributed by atoms with van der Waals surface area (Å²) < 4.78 is 0. The third-order valence-corrected chi connectivity index (χ3v) is 4.92. The van der Waals surface area contributed by atoms with Crippen molar-refractivity contribution in [2.45, 2.75) is 42.3 Å². The highest BCUT2D eigenvalue weighted by Gasteiger charge is 2.21. The summed E-state index contributed by atoms with van der Waals surface area (Å²) in [4.78, 5) is 2.01. The van der Waals surface area contributed by atoms with Gasteiger partial charge in [0.2, 0.25) is 0 Å². The van der Waals surface area contributed by atoms with Crippen LogP contribution in [0.25, 0.3) is 0 Å². The molecule has 1 aliphatic heterocycles. The summed E-state index contributed by atoms with van der Waals surface area (Å²) in [7, 11) is 0. The van der Waals surface area contributed by atoms with Crippen molar-refractivity contribution < 1.29 is 0 Å². The van der Waals surface area contributed by atoms with Gasteiger partial charge in [-0.1, -0.05) is 48.8 Å². The van der Waals surface area contributed by atoms with Gasteiger partial charge in [0.25, 0.3) is 0 Å². The third-order valence-electron chi connectivity index (χ3n) is 2.84. The van der Waals surface area contributed by atoms with Crippen molar-refractivity contribution >= 4 is 27.7 Å². The molecular weight excluding hydrogens is 268 g/mol. The lowest BCUT2D eigenvalue weighted by molar-refractivity contribution is 0.588. The number of thioether (sulfide) groups is 1. The molecule has 0 aliphatic carbocycles. The molecule has 0 spiro atoms. The van der Waals surface area contributed by atoms with E-state index in [-0.39, 0.29) is 5.41 Å². The van der Waals surface area contributed by atoms with Gasteiger partial charge in [0.1, 0.15) is 0 Å². The molecule has 15 heavy (non-hydrogen) atoms. The Labute approximate surface area is 105 Å². The van der Waals surface area contributed by atoms with Crippen molar-refractivity contribution in [1.29, 1.82) is 0 Å². The zero-order valence-electron chi connectivity index (χ0n) is 9.51. The van der Waals surface area contributed by atoms with E-state index in [0.29, 0.717) is 4.83 Å². The Hall–Kier alpha value is 0.0500. The second-order valence-electron chi connectivity index (χ2n) is 5.11. The Morgan fingerprint density at radius 3 is 2.73 bits per heavy atom. The van der Waals surface area contributed by atoms with Crippen LogP contribution in [0.5, 0.6) is 0 Å². The Kier molecular flexibility index (Phi) is 3.18. The van der Waals surface area contributed by atoms with Crippen molar-refractivity contribution in [1.82, 2.24) is 0 Å². The van der Waals surface area contributed by atoms with E-state index in [9.17, 15) is 0 Å². The molecule has 2 rings (SSSR count).